The van der Waals surface area contributed by atoms with Gasteiger partial charge in [-0.1, -0.05) is 45.2 Å². The van der Waals surface area contributed by atoms with Gasteiger partial charge in [0.25, 0.3) is 11.8 Å². The second kappa shape index (κ2) is 8.62. The minimum Gasteiger partial charge on any atom is -0.298 e. The largest absolute Gasteiger partial charge is 0.298 e. The van der Waals surface area contributed by atoms with Crippen LogP contribution in [0.4, 0.5) is 0 Å². The van der Waals surface area contributed by atoms with E-state index in [-0.39, 0.29) is 10.7 Å². The molecular formula is C16H12BrCl2N3O2S. The van der Waals surface area contributed by atoms with Crippen LogP contribution in [-0.4, -0.2) is 16.9 Å². The van der Waals surface area contributed by atoms with Gasteiger partial charge in [-0.25, -0.2) is 0 Å². The van der Waals surface area contributed by atoms with E-state index >= 15 is 0 Å². The van der Waals surface area contributed by atoms with Crippen LogP contribution >= 0.6 is 51.3 Å². The second-order valence-corrected chi connectivity index (χ2v) is 7.12. The van der Waals surface area contributed by atoms with Gasteiger partial charge in [0.2, 0.25) is 0 Å². The molecule has 5 nitrogen and oxygen atoms in total. The highest BCUT2D eigenvalue weighted by atomic mass is 79.9. The van der Waals surface area contributed by atoms with Crippen LogP contribution in [0.15, 0.2) is 40.9 Å². The third-order valence-corrected chi connectivity index (χ3v) is 4.57. The topological polar surface area (TPSA) is 70.2 Å². The number of nitrogens with one attached hydrogen (secondary N) is 3. The van der Waals surface area contributed by atoms with Crippen molar-refractivity contribution in [3.05, 3.63) is 67.6 Å². The Kier molecular flexibility index (Phi) is 6.78. The Morgan fingerprint density at radius 3 is 2.20 bits per heavy atom. The number of amides is 2. The van der Waals surface area contributed by atoms with Crippen LogP contribution in [0.3, 0.4) is 0 Å². The van der Waals surface area contributed by atoms with Gasteiger partial charge < -0.3 is 0 Å². The summed E-state index contributed by atoms with van der Waals surface area (Å²) >= 11 is 20.0. The molecule has 0 radical (unpaired) electrons. The fraction of sp³-hybridized carbons (Fsp3) is 0.0625. The average Bonchev–Trinajstić information content (AvgIpc) is 2.54. The van der Waals surface area contributed by atoms with Crippen molar-refractivity contribution in [2.24, 2.45) is 0 Å². The van der Waals surface area contributed by atoms with Gasteiger partial charge in [-0.3, -0.25) is 25.8 Å². The van der Waals surface area contributed by atoms with Crippen molar-refractivity contribution in [1.82, 2.24) is 16.2 Å². The number of carbonyl (C=O) groups is 2. The molecule has 0 aliphatic carbocycles. The van der Waals surface area contributed by atoms with Crippen LogP contribution in [0.2, 0.25) is 10.0 Å². The first-order valence-electron chi connectivity index (χ1n) is 6.90. The molecular weight excluding hydrogens is 449 g/mol. The Hall–Kier alpha value is -1.67. The van der Waals surface area contributed by atoms with Crippen molar-refractivity contribution in [1.29, 1.82) is 0 Å². The van der Waals surface area contributed by atoms with Crippen molar-refractivity contribution in [2.75, 3.05) is 0 Å². The summed E-state index contributed by atoms with van der Waals surface area (Å²) in [7, 11) is 0. The summed E-state index contributed by atoms with van der Waals surface area (Å²) in [5.74, 6) is -0.905. The summed E-state index contributed by atoms with van der Waals surface area (Å²) in [6.45, 7) is 1.91. The third-order valence-electron chi connectivity index (χ3n) is 3.08. The zero-order valence-corrected chi connectivity index (χ0v) is 16.7. The fourth-order valence-electron chi connectivity index (χ4n) is 1.81. The lowest BCUT2D eigenvalue weighted by Crippen LogP contribution is -2.48. The Morgan fingerprint density at radius 2 is 1.60 bits per heavy atom. The van der Waals surface area contributed by atoms with Crippen molar-refractivity contribution in [2.45, 2.75) is 6.92 Å². The van der Waals surface area contributed by atoms with Gasteiger partial charge in [0, 0.05) is 25.6 Å². The summed E-state index contributed by atoms with van der Waals surface area (Å²) < 4.78 is 0.814. The number of thiocarbonyl (C=S) groups is 1. The van der Waals surface area contributed by atoms with Crippen LogP contribution in [0.25, 0.3) is 0 Å². The number of benzene rings is 2. The molecule has 9 heteroatoms. The number of hydrazine groups is 1. The number of halogens is 3. The molecule has 130 valence electrons. The number of carbonyl (C=O) groups excluding carboxylic acids is 2. The highest BCUT2D eigenvalue weighted by molar-refractivity contribution is 9.10. The fourth-order valence-corrected chi connectivity index (χ4v) is 2.86. The first-order chi connectivity index (χ1) is 11.8. The van der Waals surface area contributed by atoms with E-state index in [0.717, 1.165) is 10.0 Å². The SMILES string of the molecule is Cc1ccc(C(=O)NNC(=S)NC(=O)c2cc(Cl)cc(Cl)c2)cc1Br. The van der Waals surface area contributed by atoms with Crippen LogP contribution in [0, 0.1) is 6.92 Å². The highest BCUT2D eigenvalue weighted by Crippen LogP contribution is 2.19. The summed E-state index contributed by atoms with van der Waals surface area (Å²) in [5, 5.41) is 3.01. The molecule has 0 bridgehead atoms. The van der Waals surface area contributed by atoms with Crippen molar-refractivity contribution >= 4 is 68.3 Å². The van der Waals surface area contributed by atoms with Crippen LogP contribution in [-0.2, 0) is 0 Å². The number of hydrogen-bond donors (Lipinski definition) is 3. The molecule has 0 saturated carbocycles. The highest BCUT2D eigenvalue weighted by Gasteiger charge is 2.11. The van der Waals surface area contributed by atoms with Crippen LogP contribution < -0.4 is 16.2 Å². The average molecular weight is 461 g/mol. The van der Waals surface area contributed by atoms with E-state index in [0.29, 0.717) is 15.6 Å². The molecule has 2 amide bonds. The lowest BCUT2D eigenvalue weighted by molar-refractivity contribution is 0.0934. The predicted octanol–water partition coefficient (Wildman–Crippen LogP) is 4.01. The zero-order valence-electron chi connectivity index (χ0n) is 12.8. The molecule has 0 spiro atoms. The number of aryl methyl sites for hydroxylation is 1. The smallest absolute Gasteiger partial charge is 0.269 e. The van der Waals surface area contributed by atoms with E-state index in [1.54, 1.807) is 12.1 Å². The van der Waals surface area contributed by atoms with E-state index in [9.17, 15) is 9.59 Å². The second-order valence-electron chi connectivity index (χ2n) is 4.98. The van der Waals surface area contributed by atoms with E-state index in [4.69, 9.17) is 35.4 Å². The van der Waals surface area contributed by atoms with E-state index in [1.165, 1.54) is 18.2 Å². The van der Waals surface area contributed by atoms with Crippen LogP contribution in [0.1, 0.15) is 26.3 Å². The van der Waals surface area contributed by atoms with E-state index in [2.05, 4.69) is 32.1 Å². The summed E-state index contributed by atoms with van der Waals surface area (Å²) in [4.78, 5) is 24.1. The van der Waals surface area contributed by atoms with Crippen molar-refractivity contribution < 1.29 is 9.59 Å². The molecule has 2 rings (SSSR count). The molecule has 2 aromatic rings. The Bertz CT molecular complexity index is 841. The molecule has 25 heavy (non-hydrogen) atoms. The molecule has 2 aromatic carbocycles. The third kappa shape index (κ3) is 5.67. The van der Waals surface area contributed by atoms with Gasteiger partial charge in [0.1, 0.15) is 0 Å². The van der Waals surface area contributed by atoms with Gasteiger partial charge in [0.15, 0.2) is 5.11 Å². The molecule has 0 atom stereocenters. The standard InChI is InChI=1S/C16H12BrCl2N3O2S/c1-8-2-3-9(6-13(8)17)15(24)21-22-16(25)20-14(23)10-4-11(18)7-12(19)5-10/h2-7H,1H3,(H,21,24)(H2,20,22,23,25). The number of rotatable bonds is 2. The summed E-state index contributed by atoms with van der Waals surface area (Å²) in [5.41, 5.74) is 6.55. The molecule has 0 fully saturated rings. The van der Waals surface area contributed by atoms with Gasteiger partial charge >= 0.3 is 0 Å². The lowest BCUT2D eigenvalue weighted by Gasteiger charge is -2.11. The van der Waals surface area contributed by atoms with Crippen LogP contribution in [0.5, 0.6) is 0 Å². The van der Waals surface area contributed by atoms with Gasteiger partial charge in [-0.2, -0.15) is 0 Å². The molecule has 0 aliphatic heterocycles. The van der Waals surface area contributed by atoms with Gasteiger partial charge in [-0.15, -0.1) is 0 Å². The van der Waals surface area contributed by atoms with Gasteiger partial charge in [-0.05, 0) is 55.0 Å². The first kappa shape index (κ1) is 19.7. The monoisotopic (exact) mass is 459 g/mol. The molecule has 0 unspecified atom stereocenters. The Labute approximate surface area is 168 Å². The first-order valence-corrected chi connectivity index (χ1v) is 8.86. The summed E-state index contributed by atoms with van der Waals surface area (Å²) in [6.07, 6.45) is 0. The number of hydrogen-bond acceptors (Lipinski definition) is 3. The Balaban J connectivity index is 1.92. The minimum absolute atomic E-state index is 0.0689. The van der Waals surface area contributed by atoms with Crippen molar-refractivity contribution in [3.8, 4) is 0 Å². The molecule has 0 saturated heterocycles. The maximum absolute atomic E-state index is 12.1. The molecule has 0 heterocycles. The maximum atomic E-state index is 12.1. The minimum atomic E-state index is -0.505. The molecule has 3 N–H and O–H groups in total. The van der Waals surface area contributed by atoms with E-state index < -0.39 is 11.8 Å². The molecule has 0 aromatic heterocycles. The summed E-state index contributed by atoms with van der Waals surface area (Å²) in [6, 6.07) is 9.58. The maximum Gasteiger partial charge on any atom is 0.269 e. The predicted molar refractivity (Wildman–Crippen MR) is 106 cm³/mol. The normalized spacial score (nSPS) is 10.1. The van der Waals surface area contributed by atoms with Gasteiger partial charge in [0.05, 0.1) is 0 Å². The quantitative estimate of drug-likeness (QED) is 0.467. The van der Waals surface area contributed by atoms with Crippen molar-refractivity contribution in [3.63, 3.8) is 0 Å². The lowest BCUT2D eigenvalue weighted by atomic mass is 10.1. The molecule has 0 aliphatic rings. The zero-order chi connectivity index (χ0) is 18.6. The van der Waals surface area contributed by atoms with E-state index in [1.807, 2.05) is 13.0 Å². The Morgan fingerprint density at radius 1 is 0.960 bits per heavy atom.